The highest BCUT2D eigenvalue weighted by Gasteiger charge is 2.15. The molecule has 0 atom stereocenters. The molecule has 1 aromatic heterocycles. The summed E-state index contributed by atoms with van der Waals surface area (Å²) in [6.07, 6.45) is 1.51. The highest BCUT2D eigenvalue weighted by atomic mass is 32.2. The van der Waals surface area contributed by atoms with Crippen molar-refractivity contribution in [3.63, 3.8) is 0 Å². The van der Waals surface area contributed by atoms with Crippen LogP contribution in [-0.2, 0) is 22.9 Å². The third-order valence-electron chi connectivity index (χ3n) is 4.77. The molecule has 4 rings (SSSR count). The molecule has 0 aliphatic carbocycles. The molecular formula is C23H23N3O2S. The van der Waals surface area contributed by atoms with E-state index in [1.165, 1.54) is 0 Å². The lowest BCUT2D eigenvalue weighted by molar-refractivity contribution is 0.601. The Labute approximate surface area is 170 Å². The molecule has 3 aromatic carbocycles. The SMILES string of the molecule is Cc1cc(C)cc(S(=O)(=O)Nc2cccc(CCc3nc4ccccc4[nH]3)c2)c1. The van der Waals surface area contributed by atoms with E-state index in [2.05, 4.69) is 14.7 Å². The van der Waals surface area contributed by atoms with Crippen LogP contribution in [0.15, 0.2) is 71.6 Å². The van der Waals surface area contributed by atoms with Gasteiger partial charge in [-0.15, -0.1) is 0 Å². The molecule has 5 nitrogen and oxygen atoms in total. The van der Waals surface area contributed by atoms with Gasteiger partial charge in [0, 0.05) is 12.1 Å². The van der Waals surface area contributed by atoms with Crippen molar-refractivity contribution in [2.45, 2.75) is 31.6 Å². The molecule has 2 N–H and O–H groups in total. The van der Waals surface area contributed by atoms with Crippen LogP contribution in [-0.4, -0.2) is 18.4 Å². The summed E-state index contributed by atoms with van der Waals surface area (Å²) in [7, 11) is -3.63. The molecule has 4 aromatic rings. The Hall–Kier alpha value is -3.12. The summed E-state index contributed by atoms with van der Waals surface area (Å²) in [4.78, 5) is 8.21. The molecule has 0 saturated carbocycles. The lowest BCUT2D eigenvalue weighted by atomic mass is 10.1. The number of H-pyrrole nitrogens is 1. The van der Waals surface area contributed by atoms with Gasteiger partial charge in [-0.2, -0.15) is 0 Å². The average Bonchev–Trinajstić information content (AvgIpc) is 3.09. The smallest absolute Gasteiger partial charge is 0.261 e. The number of aromatic nitrogens is 2. The van der Waals surface area contributed by atoms with Crippen LogP contribution in [0.3, 0.4) is 0 Å². The van der Waals surface area contributed by atoms with E-state index in [0.29, 0.717) is 5.69 Å². The van der Waals surface area contributed by atoms with Crippen LogP contribution in [0.1, 0.15) is 22.5 Å². The number of aromatic amines is 1. The van der Waals surface area contributed by atoms with E-state index in [1.54, 1.807) is 18.2 Å². The number of hydrogen-bond acceptors (Lipinski definition) is 3. The van der Waals surface area contributed by atoms with Crippen molar-refractivity contribution in [2.24, 2.45) is 0 Å². The predicted octanol–water partition coefficient (Wildman–Crippen LogP) is 4.77. The number of anilines is 1. The Bertz CT molecular complexity index is 1220. The lowest BCUT2D eigenvalue weighted by Crippen LogP contribution is -2.13. The minimum absolute atomic E-state index is 0.280. The third kappa shape index (κ3) is 4.49. The molecular weight excluding hydrogens is 382 g/mol. The monoisotopic (exact) mass is 405 g/mol. The Morgan fingerprint density at radius 3 is 2.41 bits per heavy atom. The first-order chi connectivity index (χ1) is 13.9. The van der Waals surface area contributed by atoms with Crippen LogP contribution in [0.5, 0.6) is 0 Å². The number of nitrogens with zero attached hydrogens (tertiary/aromatic N) is 1. The summed E-state index contributed by atoms with van der Waals surface area (Å²) < 4.78 is 28.2. The molecule has 0 aliphatic heterocycles. The third-order valence-corrected chi connectivity index (χ3v) is 6.13. The highest BCUT2D eigenvalue weighted by Crippen LogP contribution is 2.20. The van der Waals surface area contributed by atoms with Crippen molar-refractivity contribution in [3.8, 4) is 0 Å². The van der Waals surface area contributed by atoms with Crippen LogP contribution >= 0.6 is 0 Å². The first-order valence-corrected chi connectivity index (χ1v) is 11.0. The van der Waals surface area contributed by atoms with Gasteiger partial charge >= 0.3 is 0 Å². The van der Waals surface area contributed by atoms with Gasteiger partial charge in [0.05, 0.1) is 15.9 Å². The maximum atomic E-state index is 12.8. The topological polar surface area (TPSA) is 74.8 Å². The molecule has 29 heavy (non-hydrogen) atoms. The molecule has 0 amide bonds. The summed E-state index contributed by atoms with van der Waals surface area (Å²) in [5.74, 6) is 0.924. The molecule has 0 unspecified atom stereocenters. The van der Waals surface area contributed by atoms with Crippen LogP contribution < -0.4 is 4.72 Å². The van der Waals surface area contributed by atoms with Gasteiger partial charge in [0.1, 0.15) is 5.82 Å². The fraction of sp³-hybridized carbons (Fsp3) is 0.174. The highest BCUT2D eigenvalue weighted by molar-refractivity contribution is 7.92. The molecule has 0 saturated heterocycles. The molecule has 6 heteroatoms. The fourth-order valence-electron chi connectivity index (χ4n) is 3.48. The first kappa shape index (κ1) is 19.2. The summed E-state index contributed by atoms with van der Waals surface area (Å²) in [5, 5.41) is 0. The number of imidazole rings is 1. The second-order valence-electron chi connectivity index (χ2n) is 7.33. The molecule has 0 aliphatic rings. The van der Waals surface area contributed by atoms with Crippen molar-refractivity contribution < 1.29 is 8.42 Å². The van der Waals surface area contributed by atoms with E-state index in [9.17, 15) is 8.42 Å². The van der Waals surface area contributed by atoms with Crippen molar-refractivity contribution in [2.75, 3.05) is 4.72 Å². The molecule has 0 spiro atoms. The van der Waals surface area contributed by atoms with Crippen molar-refractivity contribution >= 4 is 26.7 Å². The number of rotatable bonds is 6. The summed E-state index contributed by atoms with van der Waals surface area (Å²) in [5.41, 5.74) is 5.43. The summed E-state index contributed by atoms with van der Waals surface area (Å²) >= 11 is 0. The number of fused-ring (bicyclic) bond motifs is 1. The standard InChI is InChI=1S/C23H23N3O2S/c1-16-12-17(2)14-20(13-16)29(27,28)26-19-7-5-6-18(15-19)10-11-23-24-21-8-3-4-9-22(21)25-23/h3-9,12-15,26H,10-11H2,1-2H3,(H,24,25). The Morgan fingerprint density at radius 1 is 0.897 bits per heavy atom. The molecule has 0 fully saturated rings. The van der Waals surface area contributed by atoms with Gasteiger partial charge in [0.2, 0.25) is 0 Å². The zero-order chi connectivity index (χ0) is 20.4. The molecule has 1 heterocycles. The second-order valence-corrected chi connectivity index (χ2v) is 9.01. The number of sulfonamides is 1. The largest absolute Gasteiger partial charge is 0.342 e. The van der Waals surface area contributed by atoms with E-state index in [1.807, 2.05) is 62.4 Å². The van der Waals surface area contributed by atoms with Crippen LogP contribution in [0, 0.1) is 13.8 Å². The van der Waals surface area contributed by atoms with E-state index in [-0.39, 0.29) is 4.90 Å². The van der Waals surface area contributed by atoms with Crippen LogP contribution in [0.4, 0.5) is 5.69 Å². The molecule has 148 valence electrons. The van der Waals surface area contributed by atoms with Gasteiger partial charge in [0.25, 0.3) is 10.0 Å². The maximum Gasteiger partial charge on any atom is 0.261 e. The number of benzene rings is 3. The zero-order valence-electron chi connectivity index (χ0n) is 16.4. The van der Waals surface area contributed by atoms with Gasteiger partial charge in [0.15, 0.2) is 0 Å². The minimum atomic E-state index is -3.63. The van der Waals surface area contributed by atoms with Crippen molar-refractivity contribution in [1.82, 2.24) is 9.97 Å². The zero-order valence-corrected chi connectivity index (χ0v) is 17.3. The molecule has 0 bridgehead atoms. The van der Waals surface area contributed by atoms with Gasteiger partial charge in [-0.25, -0.2) is 13.4 Å². The number of nitrogens with one attached hydrogen (secondary N) is 2. The Kier molecular flexibility index (Phi) is 5.11. The van der Waals surface area contributed by atoms with E-state index >= 15 is 0 Å². The van der Waals surface area contributed by atoms with Crippen LogP contribution in [0.25, 0.3) is 11.0 Å². The Morgan fingerprint density at radius 2 is 1.66 bits per heavy atom. The van der Waals surface area contributed by atoms with Gasteiger partial charge in [-0.1, -0.05) is 30.3 Å². The van der Waals surface area contributed by atoms with Gasteiger partial charge < -0.3 is 4.98 Å². The van der Waals surface area contributed by atoms with Gasteiger partial charge in [-0.3, -0.25) is 4.72 Å². The van der Waals surface area contributed by atoms with E-state index in [4.69, 9.17) is 0 Å². The van der Waals surface area contributed by atoms with Crippen LogP contribution in [0.2, 0.25) is 0 Å². The number of hydrogen-bond donors (Lipinski definition) is 2. The summed E-state index contributed by atoms with van der Waals surface area (Å²) in [6, 6.07) is 20.8. The number of para-hydroxylation sites is 2. The average molecular weight is 406 g/mol. The lowest BCUT2D eigenvalue weighted by Gasteiger charge is -2.11. The summed E-state index contributed by atoms with van der Waals surface area (Å²) in [6.45, 7) is 3.79. The molecule has 0 radical (unpaired) electrons. The van der Waals surface area contributed by atoms with Gasteiger partial charge in [-0.05, 0) is 73.4 Å². The number of aryl methyl sites for hydroxylation is 4. The van der Waals surface area contributed by atoms with E-state index < -0.39 is 10.0 Å². The van der Waals surface area contributed by atoms with E-state index in [0.717, 1.165) is 46.4 Å². The second kappa shape index (κ2) is 7.72. The first-order valence-electron chi connectivity index (χ1n) is 9.53. The van der Waals surface area contributed by atoms with Crippen molar-refractivity contribution in [1.29, 1.82) is 0 Å². The normalized spacial score (nSPS) is 11.7. The fourth-order valence-corrected chi connectivity index (χ4v) is 4.72. The quantitative estimate of drug-likeness (QED) is 0.485. The predicted molar refractivity (Wildman–Crippen MR) is 117 cm³/mol. The van der Waals surface area contributed by atoms with Crippen molar-refractivity contribution in [3.05, 3.63) is 89.2 Å². The Balaban J connectivity index is 1.49. The maximum absolute atomic E-state index is 12.8. The minimum Gasteiger partial charge on any atom is -0.342 e.